The summed E-state index contributed by atoms with van der Waals surface area (Å²) in [4.78, 5) is 13.7. The van der Waals surface area contributed by atoms with Gasteiger partial charge >= 0.3 is 6.03 Å². The van der Waals surface area contributed by atoms with Gasteiger partial charge < -0.3 is 4.90 Å². The summed E-state index contributed by atoms with van der Waals surface area (Å²) in [6.45, 7) is 3.49. The summed E-state index contributed by atoms with van der Waals surface area (Å²) < 4.78 is 4.07. The molecule has 3 rings (SSSR count). The zero-order chi connectivity index (χ0) is 12.0. The van der Waals surface area contributed by atoms with Crippen LogP contribution < -0.4 is 5.32 Å². The fourth-order valence-electron chi connectivity index (χ4n) is 2.16. The standard InChI is InChI=1S/C11H12N4OS/c1-7-8(4-12)9(17-14-7)13-10(16)15-5-11(6-15)2-3-11/h2-3,5-6H2,1H3,(H,13,16). The quantitative estimate of drug-likeness (QED) is 0.825. The molecule has 0 atom stereocenters. The summed E-state index contributed by atoms with van der Waals surface area (Å²) >= 11 is 1.17. The molecule has 1 aromatic rings. The van der Waals surface area contributed by atoms with Crippen LogP contribution in [-0.4, -0.2) is 28.4 Å². The van der Waals surface area contributed by atoms with Crippen LogP contribution in [0.15, 0.2) is 0 Å². The van der Waals surface area contributed by atoms with Gasteiger partial charge in [0.05, 0.1) is 5.69 Å². The van der Waals surface area contributed by atoms with Gasteiger partial charge in [0.15, 0.2) is 0 Å². The Labute approximate surface area is 103 Å². The minimum Gasteiger partial charge on any atom is -0.323 e. The molecule has 1 spiro atoms. The second kappa shape index (κ2) is 3.44. The fourth-order valence-corrected chi connectivity index (χ4v) is 2.90. The summed E-state index contributed by atoms with van der Waals surface area (Å²) in [6.07, 6.45) is 2.50. The number of likely N-dealkylation sites (tertiary alicyclic amines) is 1. The van der Waals surface area contributed by atoms with E-state index in [9.17, 15) is 4.79 Å². The molecule has 0 aromatic carbocycles. The molecule has 2 heterocycles. The molecule has 0 bridgehead atoms. The van der Waals surface area contributed by atoms with Gasteiger partial charge in [-0.3, -0.25) is 5.32 Å². The van der Waals surface area contributed by atoms with E-state index < -0.39 is 0 Å². The number of nitriles is 1. The number of nitrogens with one attached hydrogen (secondary N) is 1. The normalized spacial score (nSPS) is 19.6. The molecule has 2 aliphatic rings. The third-order valence-electron chi connectivity index (χ3n) is 3.49. The monoisotopic (exact) mass is 248 g/mol. The molecule has 1 aliphatic heterocycles. The first-order valence-electron chi connectivity index (χ1n) is 5.56. The lowest BCUT2D eigenvalue weighted by Crippen LogP contribution is -2.53. The predicted octanol–water partition coefficient (Wildman–Crippen LogP) is 1.95. The van der Waals surface area contributed by atoms with Gasteiger partial charge in [0.25, 0.3) is 0 Å². The van der Waals surface area contributed by atoms with Crippen molar-refractivity contribution in [2.24, 2.45) is 5.41 Å². The number of carbonyl (C=O) groups is 1. The second-order valence-corrected chi connectivity index (χ2v) is 5.64. The molecule has 5 nitrogen and oxygen atoms in total. The number of aromatic nitrogens is 1. The molecule has 0 radical (unpaired) electrons. The topological polar surface area (TPSA) is 69.0 Å². The summed E-state index contributed by atoms with van der Waals surface area (Å²) in [5.74, 6) is 0. The fraction of sp³-hybridized carbons (Fsp3) is 0.545. The number of amides is 2. The first-order chi connectivity index (χ1) is 8.13. The highest BCUT2D eigenvalue weighted by Gasteiger charge is 2.53. The van der Waals surface area contributed by atoms with Crippen molar-refractivity contribution in [3.05, 3.63) is 11.3 Å². The Balaban J connectivity index is 1.66. The van der Waals surface area contributed by atoms with Gasteiger partial charge in [-0.05, 0) is 31.3 Å². The number of urea groups is 1. The molecular weight excluding hydrogens is 236 g/mol. The maximum absolute atomic E-state index is 11.9. The average molecular weight is 248 g/mol. The molecule has 1 N–H and O–H groups in total. The zero-order valence-corrected chi connectivity index (χ0v) is 10.3. The first kappa shape index (κ1) is 10.5. The van der Waals surface area contributed by atoms with E-state index in [0.717, 1.165) is 13.1 Å². The van der Waals surface area contributed by atoms with Gasteiger partial charge in [0, 0.05) is 18.5 Å². The van der Waals surface area contributed by atoms with Crippen LogP contribution in [0, 0.1) is 23.7 Å². The average Bonchev–Trinajstić information content (AvgIpc) is 2.98. The van der Waals surface area contributed by atoms with Crippen molar-refractivity contribution < 1.29 is 4.79 Å². The van der Waals surface area contributed by atoms with Crippen molar-refractivity contribution in [1.82, 2.24) is 9.27 Å². The molecule has 1 saturated heterocycles. The lowest BCUT2D eigenvalue weighted by Gasteiger charge is -2.39. The molecule has 2 fully saturated rings. The maximum atomic E-state index is 11.9. The number of anilines is 1. The minimum atomic E-state index is -0.109. The van der Waals surface area contributed by atoms with Crippen molar-refractivity contribution >= 4 is 22.6 Å². The van der Waals surface area contributed by atoms with E-state index in [2.05, 4.69) is 15.8 Å². The highest BCUT2D eigenvalue weighted by Crippen LogP contribution is 2.52. The number of hydrogen-bond acceptors (Lipinski definition) is 4. The molecule has 88 valence electrons. The van der Waals surface area contributed by atoms with Gasteiger partial charge in [-0.25, -0.2) is 4.79 Å². The van der Waals surface area contributed by atoms with Gasteiger partial charge in [-0.15, -0.1) is 0 Å². The van der Waals surface area contributed by atoms with Crippen LogP contribution in [0.2, 0.25) is 0 Å². The van der Waals surface area contributed by atoms with E-state index >= 15 is 0 Å². The largest absolute Gasteiger partial charge is 0.323 e. The smallest absolute Gasteiger partial charge is 0.322 e. The molecule has 0 unspecified atom stereocenters. The van der Waals surface area contributed by atoms with Crippen molar-refractivity contribution in [1.29, 1.82) is 5.26 Å². The van der Waals surface area contributed by atoms with Gasteiger partial charge in [-0.1, -0.05) is 0 Å². The lowest BCUT2D eigenvalue weighted by molar-refractivity contribution is 0.116. The van der Waals surface area contributed by atoms with Gasteiger partial charge in [0.2, 0.25) is 0 Å². The summed E-state index contributed by atoms with van der Waals surface area (Å²) in [5, 5.41) is 12.3. The number of nitrogens with zero attached hydrogens (tertiary/aromatic N) is 3. The lowest BCUT2D eigenvalue weighted by atomic mass is 9.98. The van der Waals surface area contributed by atoms with Crippen LogP contribution in [0.4, 0.5) is 9.80 Å². The van der Waals surface area contributed by atoms with Crippen LogP contribution in [0.3, 0.4) is 0 Å². The van der Waals surface area contributed by atoms with E-state index in [0.29, 0.717) is 21.7 Å². The van der Waals surface area contributed by atoms with Crippen LogP contribution in [-0.2, 0) is 0 Å². The molecule has 1 saturated carbocycles. The Hall–Kier alpha value is -1.61. The van der Waals surface area contributed by atoms with E-state index in [1.807, 2.05) is 0 Å². The Morgan fingerprint density at radius 1 is 1.59 bits per heavy atom. The van der Waals surface area contributed by atoms with E-state index in [4.69, 9.17) is 5.26 Å². The summed E-state index contributed by atoms with van der Waals surface area (Å²) in [5.41, 5.74) is 1.61. The molecule has 17 heavy (non-hydrogen) atoms. The van der Waals surface area contributed by atoms with E-state index in [1.165, 1.54) is 24.4 Å². The minimum absolute atomic E-state index is 0.109. The molecule has 6 heteroatoms. The summed E-state index contributed by atoms with van der Waals surface area (Å²) in [7, 11) is 0. The van der Waals surface area contributed by atoms with Gasteiger partial charge in [-0.2, -0.15) is 9.64 Å². The molecule has 2 amide bonds. The first-order valence-corrected chi connectivity index (χ1v) is 6.33. The molecular formula is C11H12N4OS. The SMILES string of the molecule is Cc1nsc(NC(=O)N2CC3(CC3)C2)c1C#N. The Kier molecular flexibility index (Phi) is 2.13. The van der Waals surface area contributed by atoms with E-state index in [1.54, 1.807) is 11.8 Å². The van der Waals surface area contributed by atoms with Crippen molar-refractivity contribution in [3.63, 3.8) is 0 Å². The zero-order valence-electron chi connectivity index (χ0n) is 9.49. The van der Waals surface area contributed by atoms with E-state index in [-0.39, 0.29) is 6.03 Å². The Morgan fingerprint density at radius 2 is 2.29 bits per heavy atom. The Morgan fingerprint density at radius 3 is 2.88 bits per heavy atom. The van der Waals surface area contributed by atoms with Crippen molar-refractivity contribution in [2.75, 3.05) is 18.4 Å². The Bertz CT molecular complexity index is 518. The highest BCUT2D eigenvalue weighted by atomic mass is 32.1. The number of carbonyl (C=O) groups excluding carboxylic acids is 1. The van der Waals surface area contributed by atoms with Crippen LogP contribution in [0.25, 0.3) is 0 Å². The van der Waals surface area contributed by atoms with Gasteiger partial charge in [0.1, 0.15) is 16.6 Å². The van der Waals surface area contributed by atoms with Crippen molar-refractivity contribution in [3.8, 4) is 6.07 Å². The molecule has 1 aromatic heterocycles. The van der Waals surface area contributed by atoms with Crippen LogP contribution >= 0.6 is 11.5 Å². The number of rotatable bonds is 1. The third kappa shape index (κ3) is 1.67. The number of aryl methyl sites for hydroxylation is 1. The van der Waals surface area contributed by atoms with Crippen LogP contribution in [0.1, 0.15) is 24.1 Å². The highest BCUT2D eigenvalue weighted by molar-refractivity contribution is 7.10. The predicted molar refractivity (Wildman–Crippen MR) is 63.8 cm³/mol. The summed E-state index contributed by atoms with van der Waals surface area (Å²) in [6, 6.07) is 1.96. The van der Waals surface area contributed by atoms with Crippen molar-refractivity contribution in [2.45, 2.75) is 19.8 Å². The third-order valence-corrected chi connectivity index (χ3v) is 4.35. The van der Waals surface area contributed by atoms with Crippen LogP contribution in [0.5, 0.6) is 0 Å². The molecule has 1 aliphatic carbocycles. The number of hydrogen-bond donors (Lipinski definition) is 1. The second-order valence-electron chi connectivity index (χ2n) is 4.87. The maximum Gasteiger partial charge on any atom is 0.322 e.